The lowest BCUT2D eigenvalue weighted by Gasteiger charge is -2.13. The molecule has 29 heavy (non-hydrogen) atoms. The number of para-hydroxylation sites is 2. The number of hydrogen-bond donors (Lipinski definition) is 1. The number of rotatable bonds is 6. The molecule has 2 aromatic carbocycles. The van der Waals surface area contributed by atoms with Gasteiger partial charge in [0.2, 0.25) is 5.76 Å². The lowest BCUT2D eigenvalue weighted by Crippen LogP contribution is -2.29. The summed E-state index contributed by atoms with van der Waals surface area (Å²) in [7, 11) is 0. The van der Waals surface area contributed by atoms with Gasteiger partial charge in [-0.1, -0.05) is 36.4 Å². The van der Waals surface area contributed by atoms with Gasteiger partial charge in [0.15, 0.2) is 6.61 Å². The van der Waals surface area contributed by atoms with E-state index < -0.39 is 30.6 Å². The van der Waals surface area contributed by atoms with Crippen LogP contribution in [0.2, 0.25) is 0 Å². The number of esters is 1. The van der Waals surface area contributed by atoms with Gasteiger partial charge >= 0.3 is 12.3 Å². The third kappa shape index (κ3) is 5.07. The minimum absolute atomic E-state index is 0.0112. The summed E-state index contributed by atoms with van der Waals surface area (Å²) in [6.45, 7) is 0.851. The van der Waals surface area contributed by atoms with E-state index in [-0.39, 0.29) is 17.9 Å². The smallest absolute Gasteiger partial charge is 0.450 e. The van der Waals surface area contributed by atoms with Gasteiger partial charge in [-0.3, -0.25) is 4.79 Å². The zero-order valence-electron chi connectivity index (χ0n) is 15.2. The van der Waals surface area contributed by atoms with Crippen molar-refractivity contribution in [3.8, 4) is 5.75 Å². The number of nitrogens with one attached hydrogen (secondary N) is 1. The standard InChI is InChI=1S/C20H16F3NO5/c1-12-14-7-3-5-9-16(14)28-18(12)19(26)27-11-17(25)24-10-13-6-2-4-8-15(13)29-20(21,22)23/h2-9H,10-11H2,1H3,(H,24,25). The summed E-state index contributed by atoms with van der Waals surface area (Å²) in [5.41, 5.74) is 1.23. The third-order valence-electron chi connectivity index (χ3n) is 4.04. The number of halogens is 3. The molecule has 1 heterocycles. The number of amides is 1. The molecule has 0 radical (unpaired) electrons. The van der Waals surface area contributed by atoms with Gasteiger partial charge in [-0.15, -0.1) is 13.2 Å². The fourth-order valence-electron chi connectivity index (χ4n) is 2.68. The van der Waals surface area contributed by atoms with Gasteiger partial charge in [-0.2, -0.15) is 0 Å². The molecular formula is C20H16F3NO5. The van der Waals surface area contributed by atoms with Crippen molar-refractivity contribution in [1.29, 1.82) is 0 Å². The van der Waals surface area contributed by atoms with E-state index in [4.69, 9.17) is 9.15 Å². The molecule has 0 saturated heterocycles. The molecule has 0 saturated carbocycles. The second-order valence-corrected chi connectivity index (χ2v) is 6.06. The Bertz CT molecular complexity index is 1040. The molecule has 6 nitrogen and oxygen atoms in total. The Hall–Kier alpha value is -3.49. The molecule has 0 fully saturated rings. The highest BCUT2D eigenvalue weighted by atomic mass is 19.4. The SMILES string of the molecule is Cc1c(C(=O)OCC(=O)NCc2ccccc2OC(F)(F)F)oc2ccccc12. The second-order valence-electron chi connectivity index (χ2n) is 6.06. The maximum Gasteiger partial charge on any atom is 0.573 e. The summed E-state index contributed by atoms with van der Waals surface area (Å²) >= 11 is 0. The highest BCUT2D eigenvalue weighted by Crippen LogP contribution is 2.26. The molecule has 152 valence electrons. The number of benzene rings is 2. The van der Waals surface area contributed by atoms with E-state index >= 15 is 0 Å². The highest BCUT2D eigenvalue weighted by molar-refractivity contribution is 5.96. The zero-order chi connectivity index (χ0) is 21.0. The van der Waals surface area contributed by atoms with E-state index in [0.29, 0.717) is 11.1 Å². The van der Waals surface area contributed by atoms with Crippen LogP contribution in [0.5, 0.6) is 5.75 Å². The lowest BCUT2D eigenvalue weighted by atomic mass is 10.1. The van der Waals surface area contributed by atoms with Crippen molar-refractivity contribution in [3.05, 3.63) is 65.4 Å². The molecule has 3 aromatic rings. The van der Waals surface area contributed by atoms with Crippen molar-refractivity contribution < 1.29 is 36.7 Å². The number of hydrogen-bond acceptors (Lipinski definition) is 5. The molecule has 0 aliphatic carbocycles. The van der Waals surface area contributed by atoms with Gasteiger partial charge in [-0.25, -0.2) is 4.79 Å². The summed E-state index contributed by atoms with van der Waals surface area (Å²) < 4.78 is 51.6. The molecule has 0 atom stereocenters. The van der Waals surface area contributed by atoms with Crippen LogP contribution in [0.3, 0.4) is 0 Å². The number of alkyl halides is 3. The minimum Gasteiger partial charge on any atom is -0.450 e. The van der Waals surface area contributed by atoms with Crippen molar-refractivity contribution in [1.82, 2.24) is 5.32 Å². The maximum atomic E-state index is 12.4. The number of carbonyl (C=O) groups is 2. The summed E-state index contributed by atoms with van der Waals surface area (Å²) in [6.07, 6.45) is -4.85. The Labute approximate surface area is 163 Å². The molecule has 0 bridgehead atoms. The molecule has 0 aliphatic heterocycles. The summed E-state index contributed by atoms with van der Waals surface area (Å²) in [6, 6.07) is 12.5. The topological polar surface area (TPSA) is 77.8 Å². The second kappa shape index (κ2) is 8.26. The van der Waals surface area contributed by atoms with Gasteiger partial charge in [0.1, 0.15) is 11.3 Å². The van der Waals surface area contributed by atoms with Crippen LogP contribution in [-0.2, 0) is 16.1 Å². The zero-order valence-corrected chi connectivity index (χ0v) is 15.2. The van der Waals surface area contributed by atoms with Gasteiger partial charge in [0, 0.05) is 23.1 Å². The average molecular weight is 407 g/mol. The van der Waals surface area contributed by atoms with Crippen molar-refractivity contribution in [2.24, 2.45) is 0 Å². The van der Waals surface area contributed by atoms with Crippen LogP contribution in [0.1, 0.15) is 21.7 Å². The first-order valence-electron chi connectivity index (χ1n) is 8.50. The monoisotopic (exact) mass is 407 g/mol. The van der Waals surface area contributed by atoms with Crippen LogP contribution < -0.4 is 10.1 Å². The van der Waals surface area contributed by atoms with E-state index in [0.717, 1.165) is 11.5 Å². The first-order valence-corrected chi connectivity index (χ1v) is 8.50. The van der Waals surface area contributed by atoms with Crippen LogP contribution in [-0.4, -0.2) is 24.8 Å². The lowest BCUT2D eigenvalue weighted by molar-refractivity contribution is -0.274. The molecule has 0 spiro atoms. The Morgan fingerprint density at radius 1 is 1.07 bits per heavy atom. The fourth-order valence-corrected chi connectivity index (χ4v) is 2.68. The summed E-state index contributed by atoms with van der Waals surface area (Å²) in [4.78, 5) is 24.1. The number of furan rings is 1. The van der Waals surface area contributed by atoms with E-state index in [9.17, 15) is 22.8 Å². The average Bonchev–Trinajstić information content (AvgIpc) is 3.01. The molecule has 1 amide bonds. The van der Waals surface area contributed by atoms with E-state index in [1.165, 1.54) is 18.2 Å². The Morgan fingerprint density at radius 3 is 2.48 bits per heavy atom. The number of fused-ring (bicyclic) bond motifs is 1. The Morgan fingerprint density at radius 2 is 1.76 bits per heavy atom. The van der Waals surface area contributed by atoms with Crippen LogP contribution in [0.15, 0.2) is 52.9 Å². The van der Waals surface area contributed by atoms with E-state index in [1.54, 1.807) is 31.2 Å². The summed E-state index contributed by atoms with van der Waals surface area (Å²) in [5, 5.41) is 3.13. The molecular weight excluding hydrogens is 391 g/mol. The van der Waals surface area contributed by atoms with Gasteiger partial charge in [-0.05, 0) is 19.1 Å². The van der Waals surface area contributed by atoms with Gasteiger partial charge < -0.3 is 19.2 Å². The van der Waals surface area contributed by atoms with Crippen molar-refractivity contribution in [3.63, 3.8) is 0 Å². The third-order valence-corrected chi connectivity index (χ3v) is 4.04. The van der Waals surface area contributed by atoms with Crippen LogP contribution in [0.25, 0.3) is 11.0 Å². The van der Waals surface area contributed by atoms with Crippen LogP contribution in [0, 0.1) is 6.92 Å². The number of aryl methyl sites for hydroxylation is 1. The molecule has 3 rings (SSSR count). The Balaban J connectivity index is 1.56. The minimum atomic E-state index is -4.85. The maximum absolute atomic E-state index is 12.4. The first kappa shape index (κ1) is 20.2. The van der Waals surface area contributed by atoms with Crippen molar-refractivity contribution in [2.45, 2.75) is 19.8 Å². The fraction of sp³-hybridized carbons (Fsp3) is 0.200. The molecule has 1 aromatic heterocycles. The van der Waals surface area contributed by atoms with Gasteiger partial charge in [0.25, 0.3) is 5.91 Å². The van der Waals surface area contributed by atoms with Crippen molar-refractivity contribution in [2.75, 3.05) is 6.61 Å². The largest absolute Gasteiger partial charge is 0.573 e. The normalized spacial score (nSPS) is 11.3. The number of ether oxygens (including phenoxy) is 2. The predicted octanol–water partition coefficient (Wildman–Crippen LogP) is 4.11. The quantitative estimate of drug-likeness (QED) is 0.622. The number of carbonyl (C=O) groups excluding carboxylic acids is 2. The molecule has 0 unspecified atom stereocenters. The van der Waals surface area contributed by atoms with E-state index in [1.807, 2.05) is 0 Å². The molecule has 0 aliphatic rings. The highest BCUT2D eigenvalue weighted by Gasteiger charge is 2.32. The van der Waals surface area contributed by atoms with E-state index in [2.05, 4.69) is 10.1 Å². The summed E-state index contributed by atoms with van der Waals surface area (Å²) in [5.74, 6) is -1.93. The molecule has 1 N–H and O–H groups in total. The van der Waals surface area contributed by atoms with Crippen molar-refractivity contribution >= 4 is 22.8 Å². The first-order chi connectivity index (χ1) is 13.7. The van der Waals surface area contributed by atoms with Gasteiger partial charge in [0.05, 0.1) is 0 Å². The molecule has 9 heteroatoms. The predicted molar refractivity (Wildman–Crippen MR) is 96.2 cm³/mol. The van der Waals surface area contributed by atoms with Crippen LogP contribution in [0.4, 0.5) is 13.2 Å². The van der Waals surface area contributed by atoms with Crippen LogP contribution >= 0.6 is 0 Å². The Kier molecular flexibility index (Phi) is 5.76.